The molecule has 7 heteroatoms. The second-order valence-corrected chi connectivity index (χ2v) is 4.64. The number of thiazole rings is 1. The summed E-state index contributed by atoms with van der Waals surface area (Å²) in [5.74, 6) is -0.476. The highest BCUT2D eigenvalue weighted by Gasteiger charge is 2.15. The van der Waals surface area contributed by atoms with Crippen LogP contribution in [0, 0.1) is 6.92 Å². The van der Waals surface area contributed by atoms with E-state index in [0.29, 0.717) is 10.8 Å². The first-order valence-electron chi connectivity index (χ1n) is 5.47. The Morgan fingerprint density at radius 1 is 1.53 bits per heavy atom. The SMILES string of the molecule is COC(=O)Cc1csc(NC(=O)c2occc2C)n1. The number of furan rings is 1. The molecule has 0 saturated carbocycles. The number of rotatable bonds is 4. The van der Waals surface area contributed by atoms with Crippen LogP contribution in [0.2, 0.25) is 0 Å². The van der Waals surface area contributed by atoms with E-state index in [1.54, 1.807) is 18.4 Å². The normalized spacial score (nSPS) is 10.2. The van der Waals surface area contributed by atoms with Crippen molar-refractivity contribution in [2.24, 2.45) is 0 Å². The van der Waals surface area contributed by atoms with Crippen LogP contribution in [0.25, 0.3) is 0 Å². The summed E-state index contributed by atoms with van der Waals surface area (Å²) >= 11 is 1.24. The Kier molecular flexibility index (Phi) is 3.96. The van der Waals surface area contributed by atoms with Gasteiger partial charge >= 0.3 is 5.97 Å². The average molecular weight is 280 g/mol. The molecule has 0 unspecified atom stereocenters. The largest absolute Gasteiger partial charge is 0.469 e. The monoisotopic (exact) mass is 280 g/mol. The molecule has 1 amide bonds. The number of ether oxygens (including phenoxy) is 1. The molecule has 0 aromatic carbocycles. The van der Waals surface area contributed by atoms with E-state index in [2.05, 4.69) is 15.0 Å². The van der Waals surface area contributed by atoms with Crippen molar-refractivity contribution in [1.29, 1.82) is 0 Å². The maximum atomic E-state index is 11.9. The highest BCUT2D eigenvalue weighted by atomic mass is 32.1. The molecule has 0 aliphatic rings. The number of aromatic nitrogens is 1. The molecule has 100 valence electrons. The van der Waals surface area contributed by atoms with E-state index < -0.39 is 0 Å². The van der Waals surface area contributed by atoms with E-state index in [0.717, 1.165) is 5.56 Å². The highest BCUT2D eigenvalue weighted by molar-refractivity contribution is 7.14. The zero-order chi connectivity index (χ0) is 13.8. The zero-order valence-electron chi connectivity index (χ0n) is 10.4. The number of amides is 1. The van der Waals surface area contributed by atoms with Crippen molar-refractivity contribution >= 4 is 28.3 Å². The zero-order valence-corrected chi connectivity index (χ0v) is 11.2. The van der Waals surface area contributed by atoms with Gasteiger partial charge in [0.15, 0.2) is 10.9 Å². The molecule has 0 atom stereocenters. The van der Waals surface area contributed by atoms with Crippen LogP contribution in [-0.4, -0.2) is 24.0 Å². The lowest BCUT2D eigenvalue weighted by molar-refractivity contribution is -0.139. The molecule has 2 rings (SSSR count). The molecule has 2 aromatic rings. The molecule has 0 saturated heterocycles. The number of anilines is 1. The Balaban J connectivity index is 2.02. The van der Waals surface area contributed by atoms with Crippen LogP contribution >= 0.6 is 11.3 Å². The predicted octanol–water partition coefficient (Wildman–Crippen LogP) is 2.01. The van der Waals surface area contributed by atoms with Crippen molar-refractivity contribution < 1.29 is 18.7 Å². The van der Waals surface area contributed by atoms with Gasteiger partial charge in [0.25, 0.3) is 5.91 Å². The van der Waals surface area contributed by atoms with E-state index in [9.17, 15) is 9.59 Å². The molecule has 0 aliphatic carbocycles. The lowest BCUT2D eigenvalue weighted by atomic mass is 10.3. The Labute approximate surface area is 113 Å². The quantitative estimate of drug-likeness (QED) is 0.866. The molecule has 0 fully saturated rings. The third-order valence-corrected chi connectivity index (χ3v) is 3.20. The first kappa shape index (κ1) is 13.3. The number of hydrogen-bond acceptors (Lipinski definition) is 6. The molecule has 19 heavy (non-hydrogen) atoms. The summed E-state index contributed by atoms with van der Waals surface area (Å²) < 4.78 is 9.62. The maximum absolute atomic E-state index is 11.9. The second-order valence-electron chi connectivity index (χ2n) is 3.78. The molecule has 6 nitrogen and oxygen atoms in total. The van der Waals surface area contributed by atoms with Crippen molar-refractivity contribution in [3.8, 4) is 0 Å². The van der Waals surface area contributed by atoms with E-state index >= 15 is 0 Å². The van der Waals surface area contributed by atoms with E-state index in [4.69, 9.17) is 4.42 Å². The molecule has 2 aromatic heterocycles. The van der Waals surface area contributed by atoms with Crippen molar-refractivity contribution in [2.75, 3.05) is 12.4 Å². The van der Waals surface area contributed by atoms with Crippen LogP contribution in [0.5, 0.6) is 0 Å². The fourth-order valence-corrected chi connectivity index (χ4v) is 2.13. The van der Waals surface area contributed by atoms with Gasteiger partial charge in [-0.3, -0.25) is 14.9 Å². The van der Waals surface area contributed by atoms with Gasteiger partial charge in [0.1, 0.15) is 0 Å². The van der Waals surface area contributed by atoms with Gasteiger partial charge in [0, 0.05) is 10.9 Å². The maximum Gasteiger partial charge on any atom is 0.311 e. The Morgan fingerprint density at radius 2 is 2.32 bits per heavy atom. The second kappa shape index (κ2) is 5.66. The topological polar surface area (TPSA) is 81.4 Å². The number of carbonyl (C=O) groups excluding carboxylic acids is 2. The number of hydrogen-bond donors (Lipinski definition) is 1. The van der Waals surface area contributed by atoms with Crippen LogP contribution < -0.4 is 5.32 Å². The van der Waals surface area contributed by atoms with Crippen LogP contribution in [0.3, 0.4) is 0 Å². The summed E-state index contributed by atoms with van der Waals surface area (Å²) in [6.45, 7) is 1.78. The summed E-state index contributed by atoms with van der Waals surface area (Å²) in [6.07, 6.45) is 1.54. The lowest BCUT2D eigenvalue weighted by Crippen LogP contribution is -2.12. The minimum Gasteiger partial charge on any atom is -0.469 e. The summed E-state index contributed by atoms with van der Waals surface area (Å²) in [7, 11) is 1.32. The smallest absolute Gasteiger partial charge is 0.311 e. The number of nitrogens with one attached hydrogen (secondary N) is 1. The van der Waals surface area contributed by atoms with Crippen LogP contribution in [0.4, 0.5) is 5.13 Å². The van der Waals surface area contributed by atoms with Gasteiger partial charge in [0.05, 0.1) is 25.5 Å². The number of esters is 1. The third-order valence-electron chi connectivity index (χ3n) is 2.39. The molecule has 0 aliphatic heterocycles. The minimum absolute atomic E-state index is 0.0860. The fourth-order valence-electron chi connectivity index (χ4n) is 1.42. The highest BCUT2D eigenvalue weighted by Crippen LogP contribution is 2.18. The van der Waals surface area contributed by atoms with Crippen molar-refractivity contribution in [3.63, 3.8) is 0 Å². The first-order chi connectivity index (χ1) is 9.10. The molecular formula is C12H12N2O4S. The van der Waals surface area contributed by atoms with E-state index in [1.807, 2.05) is 0 Å². The summed E-state index contributed by atoms with van der Waals surface area (Å²) in [5.41, 5.74) is 1.31. The summed E-state index contributed by atoms with van der Waals surface area (Å²) in [5, 5.41) is 4.73. The van der Waals surface area contributed by atoms with Crippen molar-refractivity contribution in [3.05, 3.63) is 34.7 Å². The van der Waals surface area contributed by atoms with Gasteiger partial charge in [-0.25, -0.2) is 4.98 Å². The standard InChI is InChI=1S/C12H12N2O4S/c1-7-3-4-18-10(7)11(16)14-12-13-8(6-19-12)5-9(15)17-2/h3-4,6H,5H2,1-2H3,(H,13,14,16). The van der Waals surface area contributed by atoms with Gasteiger partial charge in [-0.2, -0.15) is 0 Å². The van der Waals surface area contributed by atoms with Crippen LogP contribution in [0.1, 0.15) is 21.8 Å². The van der Waals surface area contributed by atoms with Gasteiger partial charge in [-0.05, 0) is 13.0 Å². The first-order valence-corrected chi connectivity index (χ1v) is 6.34. The van der Waals surface area contributed by atoms with Crippen molar-refractivity contribution in [1.82, 2.24) is 4.98 Å². The van der Waals surface area contributed by atoms with Gasteiger partial charge in [-0.1, -0.05) is 0 Å². The number of methoxy groups -OCH3 is 1. The van der Waals surface area contributed by atoms with E-state index in [-0.39, 0.29) is 24.1 Å². The molecule has 2 heterocycles. The molecule has 1 N–H and O–H groups in total. The third kappa shape index (κ3) is 3.19. The molecule has 0 radical (unpaired) electrons. The number of nitrogens with zero attached hydrogens (tertiary/aromatic N) is 1. The van der Waals surface area contributed by atoms with Gasteiger partial charge in [-0.15, -0.1) is 11.3 Å². The number of aryl methyl sites for hydroxylation is 1. The molecular weight excluding hydrogens is 268 g/mol. The minimum atomic E-state index is -0.370. The van der Waals surface area contributed by atoms with Crippen LogP contribution in [-0.2, 0) is 16.0 Å². The van der Waals surface area contributed by atoms with Gasteiger partial charge in [0.2, 0.25) is 0 Å². The van der Waals surface area contributed by atoms with Gasteiger partial charge < -0.3 is 9.15 Å². The molecule has 0 bridgehead atoms. The van der Waals surface area contributed by atoms with E-state index in [1.165, 1.54) is 24.7 Å². The summed E-state index contributed by atoms with van der Waals surface area (Å²) in [6, 6.07) is 1.71. The molecule has 0 spiro atoms. The Hall–Kier alpha value is -2.15. The average Bonchev–Trinajstić information content (AvgIpc) is 2.98. The van der Waals surface area contributed by atoms with Crippen molar-refractivity contribution in [2.45, 2.75) is 13.3 Å². The Bertz CT molecular complexity index is 602. The number of carbonyl (C=O) groups is 2. The summed E-state index contributed by atoms with van der Waals surface area (Å²) in [4.78, 5) is 27.1. The predicted molar refractivity (Wildman–Crippen MR) is 69.2 cm³/mol. The lowest BCUT2D eigenvalue weighted by Gasteiger charge is -1.99. The fraction of sp³-hybridized carbons (Fsp3) is 0.250. The van der Waals surface area contributed by atoms with Crippen LogP contribution in [0.15, 0.2) is 22.1 Å². The Morgan fingerprint density at radius 3 is 2.95 bits per heavy atom.